The van der Waals surface area contributed by atoms with Crippen molar-refractivity contribution in [2.75, 3.05) is 11.9 Å². The van der Waals surface area contributed by atoms with Gasteiger partial charge in [-0.2, -0.15) is 0 Å². The highest BCUT2D eigenvalue weighted by Gasteiger charge is 2.19. The van der Waals surface area contributed by atoms with Crippen molar-refractivity contribution >= 4 is 21.8 Å². The van der Waals surface area contributed by atoms with E-state index >= 15 is 0 Å². The monoisotopic (exact) mass is 312 g/mol. The van der Waals surface area contributed by atoms with Crippen LogP contribution in [0.1, 0.15) is 42.0 Å². The standard InChI is InChI=1S/C14H21BrN2O/c1-10-5-6-12(11(2)17-10)13(18)16-9-14(3,4)7-8-15/h5-6H,7-9H2,1-4H3,(H,16,18). The molecular formula is C14H21BrN2O. The molecule has 0 saturated heterocycles. The summed E-state index contributed by atoms with van der Waals surface area (Å²) in [7, 11) is 0. The number of carbonyl (C=O) groups excluding carboxylic acids is 1. The van der Waals surface area contributed by atoms with Crippen LogP contribution in [0.25, 0.3) is 0 Å². The number of hydrogen-bond acceptors (Lipinski definition) is 2. The molecular weight excluding hydrogens is 292 g/mol. The van der Waals surface area contributed by atoms with Gasteiger partial charge >= 0.3 is 0 Å². The second-order valence-electron chi connectivity index (χ2n) is 5.37. The van der Waals surface area contributed by atoms with Crippen LogP contribution in [-0.2, 0) is 0 Å². The first-order valence-corrected chi connectivity index (χ1v) is 7.26. The molecule has 0 atom stereocenters. The first kappa shape index (κ1) is 15.2. The number of carbonyl (C=O) groups is 1. The lowest BCUT2D eigenvalue weighted by Gasteiger charge is -2.24. The molecule has 0 saturated carbocycles. The van der Waals surface area contributed by atoms with Gasteiger partial charge in [0.2, 0.25) is 0 Å². The number of rotatable bonds is 5. The van der Waals surface area contributed by atoms with Gasteiger partial charge in [-0.15, -0.1) is 0 Å². The minimum Gasteiger partial charge on any atom is -0.351 e. The molecule has 4 heteroatoms. The van der Waals surface area contributed by atoms with E-state index in [9.17, 15) is 4.79 Å². The zero-order valence-corrected chi connectivity index (χ0v) is 13.1. The van der Waals surface area contributed by atoms with Gasteiger partial charge in [0.1, 0.15) is 0 Å². The molecule has 0 bridgehead atoms. The van der Waals surface area contributed by atoms with Crippen molar-refractivity contribution in [3.05, 3.63) is 29.1 Å². The zero-order valence-electron chi connectivity index (χ0n) is 11.5. The Kier molecular flexibility index (Phi) is 5.32. The molecule has 18 heavy (non-hydrogen) atoms. The van der Waals surface area contributed by atoms with Crippen molar-refractivity contribution in [2.45, 2.75) is 34.1 Å². The second kappa shape index (κ2) is 6.32. The van der Waals surface area contributed by atoms with Gasteiger partial charge in [0, 0.05) is 17.6 Å². The predicted molar refractivity (Wildman–Crippen MR) is 78.2 cm³/mol. The maximum Gasteiger partial charge on any atom is 0.253 e. The number of alkyl halides is 1. The Bertz CT molecular complexity index is 430. The quantitative estimate of drug-likeness (QED) is 0.848. The number of aromatic nitrogens is 1. The average Bonchev–Trinajstić information content (AvgIpc) is 2.26. The van der Waals surface area contributed by atoms with E-state index in [4.69, 9.17) is 0 Å². The van der Waals surface area contributed by atoms with Gasteiger partial charge in [0.25, 0.3) is 5.91 Å². The van der Waals surface area contributed by atoms with Crippen LogP contribution < -0.4 is 5.32 Å². The zero-order chi connectivity index (χ0) is 13.8. The molecule has 0 spiro atoms. The molecule has 1 amide bonds. The van der Waals surface area contributed by atoms with Crippen molar-refractivity contribution < 1.29 is 4.79 Å². The van der Waals surface area contributed by atoms with Crippen LogP contribution in [0.3, 0.4) is 0 Å². The molecule has 3 nitrogen and oxygen atoms in total. The van der Waals surface area contributed by atoms with E-state index in [0.717, 1.165) is 23.1 Å². The first-order valence-electron chi connectivity index (χ1n) is 6.14. The van der Waals surface area contributed by atoms with E-state index in [2.05, 4.69) is 40.1 Å². The van der Waals surface area contributed by atoms with Gasteiger partial charge in [0.05, 0.1) is 11.3 Å². The molecule has 0 aliphatic carbocycles. The van der Waals surface area contributed by atoms with Crippen molar-refractivity contribution in [3.63, 3.8) is 0 Å². The lowest BCUT2D eigenvalue weighted by atomic mass is 9.90. The fraction of sp³-hybridized carbons (Fsp3) is 0.571. The summed E-state index contributed by atoms with van der Waals surface area (Å²) in [6.07, 6.45) is 1.03. The Morgan fingerprint density at radius 2 is 2.06 bits per heavy atom. The number of nitrogens with one attached hydrogen (secondary N) is 1. The number of pyridine rings is 1. The molecule has 1 aromatic rings. The number of halogens is 1. The third-order valence-corrected chi connectivity index (χ3v) is 3.36. The van der Waals surface area contributed by atoms with Gasteiger partial charge in [-0.05, 0) is 37.8 Å². The fourth-order valence-corrected chi connectivity index (χ4v) is 2.76. The van der Waals surface area contributed by atoms with Gasteiger partial charge in [-0.3, -0.25) is 9.78 Å². The molecule has 0 aliphatic heterocycles. The van der Waals surface area contributed by atoms with Gasteiger partial charge in [0.15, 0.2) is 0 Å². The van der Waals surface area contributed by atoms with Crippen LogP contribution >= 0.6 is 15.9 Å². The van der Waals surface area contributed by atoms with Gasteiger partial charge in [-0.25, -0.2) is 0 Å². The van der Waals surface area contributed by atoms with Crippen LogP contribution in [0, 0.1) is 19.3 Å². The molecule has 1 aromatic heterocycles. The summed E-state index contributed by atoms with van der Waals surface area (Å²) in [6.45, 7) is 8.76. The molecule has 0 unspecified atom stereocenters. The summed E-state index contributed by atoms with van der Waals surface area (Å²) in [5, 5.41) is 3.93. The summed E-state index contributed by atoms with van der Waals surface area (Å²) >= 11 is 3.43. The van der Waals surface area contributed by atoms with Crippen molar-refractivity contribution in [2.24, 2.45) is 5.41 Å². The maximum atomic E-state index is 12.1. The van der Waals surface area contributed by atoms with E-state index in [0.29, 0.717) is 12.1 Å². The second-order valence-corrected chi connectivity index (χ2v) is 6.16. The highest BCUT2D eigenvalue weighted by atomic mass is 79.9. The Morgan fingerprint density at radius 1 is 1.39 bits per heavy atom. The van der Waals surface area contributed by atoms with Crippen molar-refractivity contribution in [1.29, 1.82) is 0 Å². The number of amides is 1. The number of nitrogens with zero attached hydrogens (tertiary/aromatic N) is 1. The third kappa shape index (κ3) is 4.41. The van der Waals surface area contributed by atoms with Crippen LogP contribution in [0.4, 0.5) is 0 Å². The SMILES string of the molecule is Cc1ccc(C(=O)NCC(C)(C)CCBr)c(C)n1. The minimum atomic E-state index is -0.0392. The summed E-state index contributed by atoms with van der Waals surface area (Å²) in [6, 6.07) is 3.70. The van der Waals surface area contributed by atoms with Crippen LogP contribution in [0.5, 0.6) is 0 Å². The molecule has 1 heterocycles. The van der Waals surface area contributed by atoms with Gasteiger partial charge in [-0.1, -0.05) is 29.8 Å². The Balaban J connectivity index is 2.66. The molecule has 100 valence electrons. The lowest BCUT2D eigenvalue weighted by molar-refractivity contribution is 0.0935. The minimum absolute atomic E-state index is 0.0392. The van der Waals surface area contributed by atoms with E-state index < -0.39 is 0 Å². The molecule has 1 N–H and O–H groups in total. The lowest BCUT2D eigenvalue weighted by Crippen LogP contribution is -2.34. The summed E-state index contributed by atoms with van der Waals surface area (Å²) < 4.78 is 0. The highest BCUT2D eigenvalue weighted by Crippen LogP contribution is 2.20. The van der Waals surface area contributed by atoms with Crippen LogP contribution in [0.15, 0.2) is 12.1 Å². The Morgan fingerprint density at radius 3 is 2.61 bits per heavy atom. The van der Waals surface area contributed by atoms with E-state index in [1.165, 1.54) is 0 Å². The van der Waals surface area contributed by atoms with Crippen LogP contribution in [-0.4, -0.2) is 22.8 Å². The molecule has 0 aromatic carbocycles. The van der Waals surface area contributed by atoms with Crippen molar-refractivity contribution in [1.82, 2.24) is 10.3 Å². The number of aryl methyl sites for hydroxylation is 2. The molecule has 0 fully saturated rings. The largest absolute Gasteiger partial charge is 0.351 e. The van der Waals surface area contributed by atoms with E-state index in [-0.39, 0.29) is 11.3 Å². The normalized spacial score (nSPS) is 11.4. The topological polar surface area (TPSA) is 42.0 Å². The Labute approximate surface area is 118 Å². The molecule has 1 rings (SSSR count). The fourth-order valence-electron chi connectivity index (χ4n) is 1.69. The molecule has 0 radical (unpaired) electrons. The highest BCUT2D eigenvalue weighted by molar-refractivity contribution is 9.09. The average molecular weight is 313 g/mol. The first-order chi connectivity index (χ1) is 8.35. The predicted octanol–water partition coefficient (Wildman–Crippen LogP) is 3.24. The Hall–Kier alpha value is -0.900. The van der Waals surface area contributed by atoms with Crippen LogP contribution in [0.2, 0.25) is 0 Å². The van der Waals surface area contributed by atoms with E-state index in [1.54, 1.807) is 0 Å². The summed E-state index contributed by atoms with van der Waals surface area (Å²) in [5.41, 5.74) is 2.48. The van der Waals surface area contributed by atoms with Gasteiger partial charge < -0.3 is 5.32 Å². The summed E-state index contributed by atoms with van der Waals surface area (Å²) in [5.74, 6) is -0.0392. The third-order valence-electron chi connectivity index (χ3n) is 2.97. The van der Waals surface area contributed by atoms with E-state index in [1.807, 2.05) is 26.0 Å². The smallest absolute Gasteiger partial charge is 0.253 e. The van der Waals surface area contributed by atoms with Crippen molar-refractivity contribution in [3.8, 4) is 0 Å². The number of hydrogen-bond donors (Lipinski definition) is 1. The maximum absolute atomic E-state index is 12.1. The molecule has 0 aliphatic rings. The summed E-state index contributed by atoms with van der Waals surface area (Å²) in [4.78, 5) is 16.4.